The summed E-state index contributed by atoms with van der Waals surface area (Å²) in [5.74, 6) is -0.164. The van der Waals surface area contributed by atoms with Crippen LogP contribution in [0.4, 0.5) is 5.13 Å². The number of rotatable bonds is 6. The molecule has 0 spiro atoms. The number of benzene rings is 2. The third-order valence-corrected chi connectivity index (χ3v) is 8.59. The fourth-order valence-corrected chi connectivity index (χ4v) is 6.25. The van der Waals surface area contributed by atoms with Crippen LogP contribution in [-0.4, -0.2) is 43.8 Å². The van der Waals surface area contributed by atoms with Gasteiger partial charge in [0.25, 0.3) is 0 Å². The summed E-state index contributed by atoms with van der Waals surface area (Å²) in [5, 5.41) is 6.07. The third-order valence-electron chi connectivity index (χ3n) is 5.39. The Bertz CT molecular complexity index is 1260. The molecule has 2 heterocycles. The lowest BCUT2D eigenvalue weighted by Gasteiger charge is -2.31. The van der Waals surface area contributed by atoms with E-state index in [0.717, 1.165) is 0 Å². The second kappa shape index (κ2) is 9.99. The number of methoxy groups -OCH3 is 1. The van der Waals surface area contributed by atoms with Crippen LogP contribution in [0.5, 0.6) is 5.75 Å². The average molecular weight is 526 g/mol. The lowest BCUT2D eigenvalue weighted by Crippen LogP contribution is -2.43. The number of nitrogens with one attached hydrogen (secondary N) is 1. The van der Waals surface area contributed by atoms with E-state index in [1.54, 1.807) is 35.7 Å². The maximum absolute atomic E-state index is 13.1. The van der Waals surface area contributed by atoms with Gasteiger partial charge in [-0.25, -0.2) is 13.4 Å². The van der Waals surface area contributed by atoms with Crippen molar-refractivity contribution >= 4 is 55.6 Å². The summed E-state index contributed by atoms with van der Waals surface area (Å²) in [5.41, 5.74) is 1.28. The first-order valence-corrected chi connectivity index (χ1v) is 13.2. The van der Waals surface area contributed by atoms with E-state index in [0.29, 0.717) is 51.6 Å². The number of aromatic nitrogens is 1. The zero-order chi connectivity index (χ0) is 23.6. The highest BCUT2D eigenvalue weighted by molar-refractivity contribution is 7.89. The van der Waals surface area contributed by atoms with Crippen LogP contribution in [0.15, 0.2) is 52.7 Å². The Hall–Kier alpha value is -2.17. The summed E-state index contributed by atoms with van der Waals surface area (Å²) in [4.78, 5) is 17.5. The molecule has 1 atom stereocenters. The molecule has 33 heavy (non-hydrogen) atoms. The predicted molar refractivity (Wildman–Crippen MR) is 131 cm³/mol. The van der Waals surface area contributed by atoms with E-state index < -0.39 is 15.9 Å². The number of thiazole rings is 1. The molecular weight excluding hydrogens is 505 g/mol. The molecule has 1 aliphatic rings. The summed E-state index contributed by atoms with van der Waals surface area (Å²) in [7, 11) is -2.19. The van der Waals surface area contributed by atoms with Gasteiger partial charge in [0, 0.05) is 29.1 Å². The molecule has 0 radical (unpaired) electrons. The van der Waals surface area contributed by atoms with Crippen molar-refractivity contribution in [2.75, 3.05) is 25.5 Å². The summed E-state index contributed by atoms with van der Waals surface area (Å²) < 4.78 is 32.6. The molecule has 1 fully saturated rings. The van der Waals surface area contributed by atoms with Gasteiger partial charge >= 0.3 is 0 Å². The fourth-order valence-electron chi connectivity index (χ4n) is 3.63. The van der Waals surface area contributed by atoms with Gasteiger partial charge in [-0.3, -0.25) is 4.79 Å². The van der Waals surface area contributed by atoms with Crippen molar-refractivity contribution in [2.45, 2.75) is 17.7 Å². The van der Waals surface area contributed by atoms with E-state index >= 15 is 0 Å². The Morgan fingerprint density at radius 3 is 2.70 bits per heavy atom. The SMILES string of the molecule is COc1ccc(S(=O)(=O)N2CCCC(C(=O)Nc3nc(-c4cc(Cl)ccc4Cl)cs3)C2)cc1. The molecule has 1 aromatic heterocycles. The molecule has 3 aromatic rings. The monoisotopic (exact) mass is 525 g/mol. The quantitative estimate of drug-likeness (QED) is 0.479. The first-order chi connectivity index (χ1) is 15.8. The van der Waals surface area contributed by atoms with Gasteiger partial charge in [-0.2, -0.15) is 4.31 Å². The number of sulfonamides is 1. The highest BCUT2D eigenvalue weighted by Gasteiger charge is 2.33. The lowest BCUT2D eigenvalue weighted by molar-refractivity contribution is -0.120. The molecule has 0 bridgehead atoms. The average Bonchev–Trinajstić information content (AvgIpc) is 3.29. The zero-order valence-corrected chi connectivity index (χ0v) is 20.8. The third kappa shape index (κ3) is 5.33. The van der Waals surface area contributed by atoms with Gasteiger partial charge in [0.15, 0.2) is 5.13 Å². The summed E-state index contributed by atoms with van der Waals surface area (Å²) in [6.07, 6.45) is 1.19. The number of nitrogens with zero attached hydrogens (tertiary/aromatic N) is 2. The molecule has 0 aliphatic carbocycles. The maximum atomic E-state index is 13.1. The summed E-state index contributed by atoms with van der Waals surface area (Å²) in [6, 6.07) is 11.3. The van der Waals surface area contributed by atoms with E-state index in [4.69, 9.17) is 27.9 Å². The minimum absolute atomic E-state index is 0.110. The number of piperidine rings is 1. The minimum atomic E-state index is -3.71. The Balaban J connectivity index is 1.45. The van der Waals surface area contributed by atoms with Crippen LogP contribution in [-0.2, 0) is 14.8 Å². The molecule has 1 saturated heterocycles. The van der Waals surface area contributed by atoms with Crippen molar-refractivity contribution in [3.63, 3.8) is 0 Å². The van der Waals surface area contributed by atoms with Gasteiger partial charge in [-0.15, -0.1) is 11.3 Å². The van der Waals surface area contributed by atoms with Gasteiger partial charge in [-0.1, -0.05) is 23.2 Å². The van der Waals surface area contributed by atoms with Crippen LogP contribution in [0.2, 0.25) is 10.0 Å². The van der Waals surface area contributed by atoms with Crippen molar-refractivity contribution in [2.24, 2.45) is 5.92 Å². The van der Waals surface area contributed by atoms with Crippen molar-refractivity contribution in [1.29, 1.82) is 0 Å². The van der Waals surface area contributed by atoms with Crippen molar-refractivity contribution in [1.82, 2.24) is 9.29 Å². The normalized spacial score (nSPS) is 17.0. The Morgan fingerprint density at radius 2 is 1.97 bits per heavy atom. The first-order valence-electron chi connectivity index (χ1n) is 10.1. The van der Waals surface area contributed by atoms with Crippen LogP contribution < -0.4 is 10.1 Å². The molecule has 7 nitrogen and oxygen atoms in total. The van der Waals surface area contributed by atoms with E-state index in [-0.39, 0.29) is 17.3 Å². The summed E-state index contributed by atoms with van der Waals surface area (Å²) >= 11 is 13.6. The number of carbonyl (C=O) groups is 1. The molecule has 1 unspecified atom stereocenters. The molecule has 1 aliphatic heterocycles. The maximum Gasteiger partial charge on any atom is 0.243 e. The van der Waals surface area contributed by atoms with Crippen LogP contribution in [0.1, 0.15) is 12.8 Å². The number of ether oxygens (including phenoxy) is 1. The van der Waals surface area contributed by atoms with Gasteiger partial charge in [0.1, 0.15) is 5.75 Å². The molecule has 11 heteroatoms. The smallest absolute Gasteiger partial charge is 0.243 e. The predicted octanol–water partition coefficient (Wildman–Crippen LogP) is 5.16. The second-order valence-corrected chi connectivity index (χ2v) is 11.2. The molecule has 4 rings (SSSR count). The number of halogens is 2. The standard InChI is InChI=1S/C22H21Cl2N3O4S2/c1-31-16-5-7-17(8-6-16)33(29,30)27-10-2-3-14(12-27)21(28)26-22-25-20(13-32-22)18-11-15(23)4-9-19(18)24/h4-9,11,13-14H,2-3,10,12H2,1H3,(H,25,26,28). The Morgan fingerprint density at radius 1 is 1.21 bits per heavy atom. The van der Waals surface area contributed by atoms with Crippen molar-refractivity contribution in [3.05, 3.63) is 57.9 Å². The van der Waals surface area contributed by atoms with E-state index in [1.165, 1.54) is 34.9 Å². The number of carbonyl (C=O) groups excluding carboxylic acids is 1. The van der Waals surface area contributed by atoms with Gasteiger partial charge in [0.2, 0.25) is 15.9 Å². The number of hydrogen-bond acceptors (Lipinski definition) is 6. The topological polar surface area (TPSA) is 88.6 Å². The number of anilines is 1. The van der Waals surface area contributed by atoms with Crippen LogP contribution in [0.25, 0.3) is 11.3 Å². The van der Waals surface area contributed by atoms with Gasteiger partial charge in [-0.05, 0) is 55.3 Å². The second-order valence-electron chi connectivity index (χ2n) is 7.53. The first kappa shape index (κ1) is 24.0. The highest BCUT2D eigenvalue weighted by Crippen LogP contribution is 2.33. The Kier molecular flexibility index (Phi) is 7.25. The highest BCUT2D eigenvalue weighted by atomic mass is 35.5. The molecule has 2 aromatic carbocycles. The molecular formula is C22H21Cl2N3O4S2. The van der Waals surface area contributed by atoms with Crippen molar-refractivity contribution in [3.8, 4) is 17.0 Å². The van der Waals surface area contributed by atoms with E-state index in [9.17, 15) is 13.2 Å². The van der Waals surface area contributed by atoms with Gasteiger partial charge in [0.05, 0.1) is 28.6 Å². The number of amides is 1. The van der Waals surface area contributed by atoms with E-state index in [2.05, 4.69) is 10.3 Å². The molecule has 1 N–H and O–H groups in total. The van der Waals surface area contributed by atoms with Gasteiger partial charge < -0.3 is 10.1 Å². The molecule has 174 valence electrons. The molecule has 1 amide bonds. The van der Waals surface area contributed by atoms with Crippen LogP contribution in [0, 0.1) is 5.92 Å². The number of hydrogen-bond donors (Lipinski definition) is 1. The van der Waals surface area contributed by atoms with E-state index in [1.807, 2.05) is 0 Å². The molecule has 0 saturated carbocycles. The Labute approximate surface area is 206 Å². The lowest BCUT2D eigenvalue weighted by atomic mass is 9.99. The fraction of sp³-hybridized carbons (Fsp3) is 0.273. The van der Waals surface area contributed by atoms with Crippen molar-refractivity contribution < 1.29 is 17.9 Å². The van der Waals surface area contributed by atoms with Crippen LogP contribution in [0.3, 0.4) is 0 Å². The zero-order valence-electron chi connectivity index (χ0n) is 17.6. The summed E-state index contributed by atoms with van der Waals surface area (Å²) in [6.45, 7) is 0.478. The minimum Gasteiger partial charge on any atom is -0.497 e. The largest absolute Gasteiger partial charge is 0.497 e. The van der Waals surface area contributed by atoms with Crippen LogP contribution >= 0.6 is 34.5 Å².